The second kappa shape index (κ2) is 9.41. The van der Waals surface area contributed by atoms with Crippen LogP contribution in [0.1, 0.15) is 32.1 Å². The topological polar surface area (TPSA) is 105 Å². The number of nitrogens with one attached hydrogen (secondary N) is 3. The van der Waals surface area contributed by atoms with Crippen LogP contribution in [-0.2, 0) is 4.74 Å². The molecule has 4 rings (SSSR count). The summed E-state index contributed by atoms with van der Waals surface area (Å²) < 4.78 is 76.0. The van der Waals surface area contributed by atoms with Crippen molar-refractivity contribution in [2.24, 2.45) is 0 Å². The molecule has 8 nitrogen and oxygen atoms in total. The Balaban J connectivity index is 0.000000396. The first kappa shape index (κ1) is 25.7. The van der Waals surface area contributed by atoms with E-state index >= 15 is 0 Å². The summed E-state index contributed by atoms with van der Waals surface area (Å²) >= 11 is 0. The van der Waals surface area contributed by atoms with E-state index in [0.29, 0.717) is 0 Å². The number of benzene rings is 1. The van der Waals surface area contributed by atoms with Gasteiger partial charge in [-0.1, -0.05) is 38.7 Å². The van der Waals surface area contributed by atoms with E-state index in [4.69, 9.17) is 9.47 Å². The van der Waals surface area contributed by atoms with Gasteiger partial charge in [0.25, 0.3) is 0 Å². The quantitative estimate of drug-likeness (QED) is 0.469. The first-order chi connectivity index (χ1) is 15.8. The van der Waals surface area contributed by atoms with E-state index in [9.17, 15) is 29.0 Å². The molecule has 1 saturated carbocycles. The molecule has 1 aliphatic heterocycles. The maximum Gasteiger partial charge on any atom is 0.344 e. The van der Waals surface area contributed by atoms with Crippen molar-refractivity contribution in [2.45, 2.75) is 49.1 Å². The molecule has 34 heavy (non-hydrogen) atoms. The SMILES string of the molecule is O=C(Nc1cc(S(F)(F)(F)(F)F)ccc1OC1COC1)NC1CCCCC1.O=c1nccc[nH]1. The third-order valence-electron chi connectivity index (χ3n) is 5.07. The number of H-pyrrole nitrogens is 1. The summed E-state index contributed by atoms with van der Waals surface area (Å²) in [5.41, 5.74) is -0.761. The summed E-state index contributed by atoms with van der Waals surface area (Å²) in [5.74, 6) is -0.118. The van der Waals surface area contributed by atoms with Gasteiger partial charge >= 0.3 is 21.9 Å². The number of rotatable bonds is 5. The van der Waals surface area contributed by atoms with E-state index < -0.39 is 32.9 Å². The van der Waals surface area contributed by atoms with Crippen molar-refractivity contribution < 1.29 is 33.7 Å². The summed E-state index contributed by atoms with van der Waals surface area (Å²) in [4.78, 5) is 25.9. The zero-order valence-corrected chi connectivity index (χ0v) is 18.8. The third kappa shape index (κ3) is 7.87. The molecule has 14 heteroatoms. The number of aromatic nitrogens is 2. The molecule has 0 unspecified atom stereocenters. The van der Waals surface area contributed by atoms with Crippen molar-refractivity contribution in [3.63, 3.8) is 0 Å². The molecule has 0 bridgehead atoms. The van der Waals surface area contributed by atoms with Crippen molar-refractivity contribution in [1.29, 1.82) is 0 Å². The van der Waals surface area contributed by atoms with E-state index in [0.717, 1.165) is 38.2 Å². The van der Waals surface area contributed by atoms with Crippen LogP contribution < -0.4 is 21.1 Å². The highest BCUT2D eigenvalue weighted by Gasteiger charge is 2.65. The Labute approximate surface area is 192 Å². The summed E-state index contributed by atoms with van der Waals surface area (Å²) in [6.45, 7) is 0.466. The number of anilines is 1. The Morgan fingerprint density at radius 1 is 1.12 bits per heavy atom. The van der Waals surface area contributed by atoms with E-state index in [1.807, 2.05) is 0 Å². The molecule has 1 saturated heterocycles. The summed E-state index contributed by atoms with van der Waals surface area (Å²) in [6, 6.07) is 2.08. The lowest BCUT2D eigenvalue weighted by Crippen LogP contribution is -2.40. The molecule has 1 aliphatic carbocycles. The van der Waals surface area contributed by atoms with Gasteiger partial charge in [-0.3, -0.25) is 0 Å². The zero-order chi connectivity index (χ0) is 24.9. The van der Waals surface area contributed by atoms with Crippen LogP contribution in [-0.4, -0.2) is 41.4 Å². The summed E-state index contributed by atoms with van der Waals surface area (Å²) in [7, 11) is -9.88. The van der Waals surface area contributed by atoms with Gasteiger partial charge in [-0.25, -0.2) is 14.6 Å². The smallest absolute Gasteiger partial charge is 0.344 e. The minimum Gasteiger partial charge on any atom is -0.483 e. The average Bonchev–Trinajstić information content (AvgIpc) is 2.71. The molecule has 0 atom stereocenters. The summed E-state index contributed by atoms with van der Waals surface area (Å²) in [6.07, 6.45) is 7.06. The van der Waals surface area contributed by atoms with Gasteiger partial charge in [0.1, 0.15) is 16.7 Å². The van der Waals surface area contributed by atoms with Gasteiger partial charge in [-0.15, -0.1) is 0 Å². The Morgan fingerprint density at radius 3 is 2.32 bits per heavy atom. The van der Waals surface area contributed by atoms with Crippen molar-refractivity contribution in [3.05, 3.63) is 47.1 Å². The van der Waals surface area contributed by atoms with Crippen LogP contribution in [0.15, 0.2) is 46.3 Å². The molecule has 0 radical (unpaired) electrons. The van der Waals surface area contributed by atoms with E-state index in [2.05, 4.69) is 20.6 Å². The van der Waals surface area contributed by atoms with Crippen LogP contribution in [0.3, 0.4) is 0 Å². The van der Waals surface area contributed by atoms with Crippen LogP contribution in [0, 0.1) is 0 Å². The normalized spacial score (nSPS) is 18.9. The fourth-order valence-electron chi connectivity index (χ4n) is 3.31. The molecule has 2 aliphatic rings. The minimum atomic E-state index is -9.88. The number of hydrogen-bond acceptors (Lipinski definition) is 5. The molecule has 2 fully saturated rings. The number of urea groups is 1. The van der Waals surface area contributed by atoms with E-state index in [1.165, 1.54) is 12.4 Å². The number of aromatic amines is 1. The Bertz CT molecular complexity index is 1040. The second-order valence-electron chi connectivity index (χ2n) is 7.92. The Hall–Kier alpha value is -2.87. The van der Waals surface area contributed by atoms with Gasteiger partial charge in [0, 0.05) is 18.4 Å². The third-order valence-corrected chi connectivity index (χ3v) is 6.21. The molecule has 2 amide bonds. The number of amides is 2. The first-order valence-corrected chi connectivity index (χ1v) is 12.4. The van der Waals surface area contributed by atoms with E-state index in [1.54, 1.807) is 6.07 Å². The largest absolute Gasteiger partial charge is 0.483 e. The average molecular weight is 513 g/mol. The predicted octanol–water partition coefficient (Wildman–Crippen LogP) is 5.35. The number of ether oxygens (including phenoxy) is 2. The highest BCUT2D eigenvalue weighted by atomic mass is 32.5. The molecule has 3 N–H and O–H groups in total. The monoisotopic (exact) mass is 512 g/mol. The van der Waals surface area contributed by atoms with Gasteiger partial charge < -0.3 is 25.1 Å². The lowest BCUT2D eigenvalue weighted by molar-refractivity contribution is -0.0794. The van der Waals surface area contributed by atoms with Crippen molar-refractivity contribution in [2.75, 3.05) is 18.5 Å². The number of carbonyl (C=O) groups excluding carboxylic acids is 1. The number of hydrogen-bond donors (Lipinski definition) is 3. The fraction of sp³-hybridized carbons (Fsp3) is 0.450. The van der Waals surface area contributed by atoms with Gasteiger partial charge in [-0.05, 0) is 37.1 Å². The fourth-order valence-corrected chi connectivity index (χ4v) is 3.98. The summed E-state index contributed by atoms with van der Waals surface area (Å²) in [5, 5.41) is 4.89. The number of nitrogens with zero attached hydrogens (tertiary/aromatic N) is 1. The van der Waals surface area contributed by atoms with Crippen LogP contribution in [0.2, 0.25) is 0 Å². The van der Waals surface area contributed by atoms with Crippen molar-refractivity contribution in [1.82, 2.24) is 15.3 Å². The lowest BCUT2D eigenvalue weighted by Gasteiger charge is -2.40. The van der Waals surface area contributed by atoms with Gasteiger partial charge in [0.05, 0.1) is 18.9 Å². The molecular weight excluding hydrogens is 487 g/mol. The van der Waals surface area contributed by atoms with Crippen molar-refractivity contribution in [3.8, 4) is 5.75 Å². The van der Waals surface area contributed by atoms with Crippen LogP contribution in [0.25, 0.3) is 0 Å². The first-order valence-electron chi connectivity index (χ1n) is 10.5. The van der Waals surface area contributed by atoms with Crippen molar-refractivity contribution >= 4 is 21.9 Å². The molecule has 190 valence electrons. The standard InChI is InChI=1S/C16H21F5N2O3S.C4H4N2O/c17-27(18,19,20,21)13-6-7-15(26-12-9-25-10-12)14(8-13)23-16(24)22-11-4-2-1-3-5-11;7-4-5-2-1-3-6-4/h6-8,11-12H,1-5,9-10H2,(H2,22,23,24);1-3H,(H,5,6,7). The maximum atomic E-state index is 13.1. The van der Waals surface area contributed by atoms with Crippen LogP contribution in [0.4, 0.5) is 29.9 Å². The van der Waals surface area contributed by atoms with Crippen LogP contribution in [0.5, 0.6) is 5.75 Å². The molecule has 2 heterocycles. The highest BCUT2D eigenvalue weighted by Crippen LogP contribution is 3.02. The van der Waals surface area contributed by atoms with Crippen LogP contribution >= 0.6 is 10.2 Å². The highest BCUT2D eigenvalue weighted by molar-refractivity contribution is 8.45. The van der Waals surface area contributed by atoms with Gasteiger partial charge in [0.2, 0.25) is 0 Å². The zero-order valence-electron chi connectivity index (χ0n) is 17.9. The second-order valence-corrected chi connectivity index (χ2v) is 10.3. The van der Waals surface area contributed by atoms with E-state index in [-0.39, 0.29) is 42.8 Å². The van der Waals surface area contributed by atoms with Gasteiger partial charge in [-0.2, -0.15) is 0 Å². The molecule has 0 spiro atoms. The number of carbonyl (C=O) groups is 1. The maximum absolute atomic E-state index is 13.1. The Kier molecular flexibility index (Phi) is 7.12. The molecular formula is C20H25F5N4O4S. The minimum absolute atomic E-state index is 0.0954. The predicted molar refractivity (Wildman–Crippen MR) is 117 cm³/mol. The lowest BCUT2D eigenvalue weighted by atomic mass is 9.96. The molecule has 1 aromatic heterocycles. The number of halogens is 5. The molecule has 1 aromatic carbocycles. The van der Waals surface area contributed by atoms with Gasteiger partial charge in [0.15, 0.2) is 0 Å². The Morgan fingerprint density at radius 2 is 1.82 bits per heavy atom. The molecule has 2 aromatic rings.